The van der Waals surface area contributed by atoms with Crippen LogP contribution in [0.4, 0.5) is 0 Å². The Balaban J connectivity index is 1.36. The van der Waals surface area contributed by atoms with E-state index in [-0.39, 0.29) is 11.8 Å². The van der Waals surface area contributed by atoms with E-state index < -0.39 is 0 Å². The average Bonchev–Trinajstić information content (AvgIpc) is 3.29. The molecule has 7 nitrogen and oxygen atoms in total. The van der Waals surface area contributed by atoms with Crippen LogP contribution in [-0.2, 0) is 17.9 Å². The molecule has 1 fully saturated rings. The summed E-state index contributed by atoms with van der Waals surface area (Å²) >= 11 is 12.3. The molecule has 1 aromatic heterocycles. The molecule has 0 N–H and O–H groups in total. The number of amides is 1. The van der Waals surface area contributed by atoms with Gasteiger partial charge in [0.2, 0.25) is 5.91 Å². The number of benzene rings is 2. The van der Waals surface area contributed by atoms with Gasteiger partial charge in [-0.15, -0.1) is 5.10 Å². The molecule has 9 heteroatoms. The number of halogens is 2. The maximum absolute atomic E-state index is 13.1. The van der Waals surface area contributed by atoms with Gasteiger partial charge in [0.25, 0.3) is 0 Å². The van der Waals surface area contributed by atoms with Crippen molar-refractivity contribution >= 4 is 29.1 Å². The van der Waals surface area contributed by atoms with Gasteiger partial charge in [0.05, 0.1) is 6.54 Å². The van der Waals surface area contributed by atoms with Crippen molar-refractivity contribution < 1.29 is 4.79 Å². The zero-order valence-corrected chi connectivity index (χ0v) is 18.6. The minimum Gasteiger partial charge on any atom is -0.340 e. The third-order valence-electron chi connectivity index (χ3n) is 5.64. The van der Waals surface area contributed by atoms with Crippen LogP contribution in [0.15, 0.2) is 54.9 Å². The van der Waals surface area contributed by atoms with E-state index in [2.05, 4.69) is 26.5 Å². The number of hydrogen-bond acceptors (Lipinski definition) is 5. The molecule has 31 heavy (non-hydrogen) atoms. The molecule has 1 aliphatic rings. The second kappa shape index (κ2) is 10.2. The molecule has 1 atom stereocenters. The van der Waals surface area contributed by atoms with E-state index in [4.69, 9.17) is 23.2 Å². The highest BCUT2D eigenvalue weighted by Crippen LogP contribution is 2.25. The van der Waals surface area contributed by atoms with Gasteiger partial charge in [0.1, 0.15) is 6.33 Å². The van der Waals surface area contributed by atoms with Gasteiger partial charge in [-0.25, -0.2) is 4.68 Å². The van der Waals surface area contributed by atoms with Gasteiger partial charge in [0, 0.05) is 55.1 Å². The second-order valence-electron chi connectivity index (χ2n) is 7.73. The molecule has 0 aliphatic carbocycles. The first kappa shape index (κ1) is 21.7. The van der Waals surface area contributed by atoms with Crippen molar-refractivity contribution in [2.75, 3.05) is 26.2 Å². The minimum absolute atomic E-state index is 0.0329. The van der Waals surface area contributed by atoms with Crippen LogP contribution < -0.4 is 0 Å². The zero-order chi connectivity index (χ0) is 21.6. The maximum Gasteiger partial charge on any atom is 0.223 e. The molecule has 2 aromatic carbocycles. The monoisotopic (exact) mass is 458 g/mol. The fourth-order valence-corrected chi connectivity index (χ4v) is 4.20. The molecule has 1 aliphatic heterocycles. The Morgan fingerprint density at radius 1 is 1.00 bits per heavy atom. The molecule has 0 radical (unpaired) electrons. The lowest BCUT2D eigenvalue weighted by atomic mass is 9.95. The first-order chi connectivity index (χ1) is 15.1. The van der Waals surface area contributed by atoms with E-state index in [0.717, 1.165) is 35.8 Å². The lowest BCUT2D eigenvalue weighted by Gasteiger charge is -2.35. The maximum atomic E-state index is 13.1. The van der Waals surface area contributed by atoms with Gasteiger partial charge >= 0.3 is 0 Å². The minimum atomic E-state index is -0.0329. The van der Waals surface area contributed by atoms with Crippen LogP contribution in [0, 0.1) is 0 Å². The van der Waals surface area contributed by atoms with Crippen LogP contribution in [0.3, 0.4) is 0 Å². The van der Waals surface area contributed by atoms with Crippen molar-refractivity contribution in [3.8, 4) is 0 Å². The summed E-state index contributed by atoms with van der Waals surface area (Å²) in [7, 11) is 0. The highest BCUT2D eigenvalue weighted by molar-refractivity contribution is 6.31. The summed E-state index contributed by atoms with van der Waals surface area (Å²) in [6, 6.07) is 15.5. The number of carbonyl (C=O) groups excluding carboxylic acids is 1. The smallest absolute Gasteiger partial charge is 0.223 e. The molecule has 162 valence electrons. The first-order valence-corrected chi connectivity index (χ1v) is 11.0. The molecular weight excluding hydrogens is 435 g/mol. The summed E-state index contributed by atoms with van der Waals surface area (Å²) in [5.41, 5.74) is 2.17. The lowest BCUT2D eigenvalue weighted by molar-refractivity contribution is -0.133. The summed E-state index contributed by atoms with van der Waals surface area (Å²) in [6.07, 6.45) is 1.97. The summed E-state index contributed by atoms with van der Waals surface area (Å²) < 4.78 is 1.66. The Bertz CT molecular complexity index is 988. The topological polar surface area (TPSA) is 67.2 Å². The normalized spacial score (nSPS) is 15.7. The van der Waals surface area contributed by atoms with E-state index in [9.17, 15) is 4.79 Å². The first-order valence-electron chi connectivity index (χ1n) is 10.3. The van der Waals surface area contributed by atoms with Gasteiger partial charge in [-0.2, -0.15) is 0 Å². The van der Waals surface area contributed by atoms with E-state index in [0.29, 0.717) is 31.1 Å². The van der Waals surface area contributed by atoms with Gasteiger partial charge in [-0.05, 0) is 39.8 Å². The van der Waals surface area contributed by atoms with Crippen LogP contribution in [0.5, 0.6) is 0 Å². The van der Waals surface area contributed by atoms with Crippen LogP contribution in [0.1, 0.15) is 23.5 Å². The Kier molecular flexibility index (Phi) is 7.17. The highest BCUT2D eigenvalue weighted by atomic mass is 35.5. The standard InChI is InChI=1S/C22H24Cl2N6O/c23-20-7-5-17(6-8-20)19(15-30-16-25-26-27-30)13-22(31)29-11-9-28(10-12-29)14-18-3-1-2-4-21(18)24/h1-8,16,19H,9-15H2. The number of tetrazole rings is 1. The van der Waals surface area contributed by atoms with Crippen LogP contribution >= 0.6 is 23.2 Å². The Labute approximate surface area is 191 Å². The van der Waals surface area contributed by atoms with Crippen molar-refractivity contribution in [3.05, 3.63) is 76.0 Å². The summed E-state index contributed by atoms with van der Waals surface area (Å²) in [6.45, 7) is 4.41. The number of carbonyl (C=O) groups is 1. The van der Waals surface area contributed by atoms with Crippen molar-refractivity contribution in [2.24, 2.45) is 0 Å². The number of piperazine rings is 1. The summed E-state index contributed by atoms with van der Waals surface area (Å²) in [5.74, 6) is 0.111. The third kappa shape index (κ3) is 5.81. The second-order valence-corrected chi connectivity index (χ2v) is 8.58. The predicted molar refractivity (Wildman–Crippen MR) is 120 cm³/mol. The molecule has 4 rings (SSSR count). The van der Waals surface area contributed by atoms with E-state index in [1.807, 2.05) is 47.4 Å². The lowest BCUT2D eigenvalue weighted by Crippen LogP contribution is -2.48. The van der Waals surface area contributed by atoms with Crippen molar-refractivity contribution in [1.82, 2.24) is 30.0 Å². The molecule has 3 aromatic rings. The van der Waals surface area contributed by atoms with E-state index in [1.165, 1.54) is 0 Å². The Morgan fingerprint density at radius 3 is 2.42 bits per heavy atom. The Morgan fingerprint density at radius 2 is 1.74 bits per heavy atom. The number of hydrogen-bond donors (Lipinski definition) is 0. The Hall–Kier alpha value is -2.48. The third-order valence-corrected chi connectivity index (χ3v) is 6.26. The van der Waals surface area contributed by atoms with Gasteiger partial charge in [0.15, 0.2) is 0 Å². The summed E-state index contributed by atoms with van der Waals surface area (Å²) in [4.78, 5) is 17.4. The van der Waals surface area contributed by atoms with Crippen LogP contribution in [0.25, 0.3) is 0 Å². The van der Waals surface area contributed by atoms with Crippen molar-refractivity contribution in [1.29, 1.82) is 0 Å². The van der Waals surface area contributed by atoms with Crippen LogP contribution in [0.2, 0.25) is 10.0 Å². The molecular formula is C22H24Cl2N6O. The highest BCUT2D eigenvalue weighted by Gasteiger charge is 2.25. The summed E-state index contributed by atoms with van der Waals surface area (Å²) in [5, 5.41) is 12.8. The average molecular weight is 459 g/mol. The number of aromatic nitrogens is 4. The van der Waals surface area contributed by atoms with Crippen molar-refractivity contribution in [3.63, 3.8) is 0 Å². The van der Waals surface area contributed by atoms with Gasteiger partial charge in [-0.3, -0.25) is 9.69 Å². The quantitative estimate of drug-likeness (QED) is 0.541. The largest absolute Gasteiger partial charge is 0.340 e. The van der Waals surface area contributed by atoms with Gasteiger partial charge in [-0.1, -0.05) is 53.5 Å². The fraction of sp³-hybridized carbons (Fsp3) is 0.364. The molecule has 1 amide bonds. The zero-order valence-electron chi connectivity index (χ0n) is 17.1. The molecule has 0 spiro atoms. The molecule has 0 saturated carbocycles. The van der Waals surface area contributed by atoms with Crippen LogP contribution in [-0.4, -0.2) is 62.1 Å². The fourth-order valence-electron chi connectivity index (χ4n) is 3.88. The van der Waals surface area contributed by atoms with Crippen molar-refractivity contribution in [2.45, 2.75) is 25.4 Å². The molecule has 1 unspecified atom stereocenters. The molecule has 2 heterocycles. The number of nitrogens with zero attached hydrogens (tertiary/aromatic N) is 6. The van der Waals surface area contributed by atoms with E-state index >= 15 is 0 Å². The van der Waals surface area contributed by atoms with E-state index in [1.54, 1.807) is 11.0 Å². The van der Waals surface area contributed by atoms with Gasteiger partial charge < -0.3 is 4.90 Å². The molecule has 1 saturated heterocycles. The predicted octanol–water partition coefficient (Wildman–Crippen LogP) is 3.50. The number of rotatable bonds is 7. The molecule has 0 bridgehead atoms. The SMILES string of the molecule is O=C(CC(Cn1cnnn1)c1ccc(Cl)cc1)N1CCN(Cc2ccccc2Cl)CC1.